The maximum Gasteiger partial charge on any atom is 0.323 e. The van der Waals surface area contributed by atoms with Crippen LogP contribution in [0.3, 0.4) is 0 Å². The number of esters is 1. The van der Waals surface area contributed by atoms with Gasteiger partial charge in [-0.2, -0.15) is 0 Å². The van der Waals surface area contributed by atoms with Crippen molar-refractivity contribution in [1.82, 2.24) is 5.32 Å². The average Bonchev–Trinajstić information content (AvgIpc) is 2.30. The molecule has 1 rings (SSSR count). The molecule has 0 spiro atoms. The van der Waals surface area contributed by atoms with E-state index in [9.17, 15) is 4.79 Å². The van der Waals surface area contributed by atoms with Gasteiger partial charge in [-0.05, 0) is 44.6 Å². The number of hydrogen-bond acceptors (Lipinski definition) is 3. The van der Waals surface area contributed by atoms with E-state index >= 15 is 0 Å². The zero-order valence-corrected chi connectivity index (χ0v) is 11.5. The first-order valence-corrected chi connectivity index (χ1v) is 7.07. The molecule has 0 aromatic carbocycles. The minimum absolute atomic E-state index is 0.0983. The number of ether oxygens (including phenoxy) is 1. The fourth-order valence-electron chi connectivity index (χ4n) is 2.69. The van der Waals surface area contributed by atoms with Crippen LogP contribution in [0.1, 0.15) is 52.9 Å². The smallest absolute Gasteiger partial charge is 0.323 e. The largest absolute Gasteiger partial charge is 0.465 e. The highest BCUT2D eigenvalue weighted by molar-refractivity contribution is 5.75. The van der Waals surface area contributed by atoms with Gasteiger partial charge < -0.3 is 10.1 Å². The summed E-state index contributed by atoms with van der Waals surface area (Å²) in [5.41, 5.74) is 0. The summed E-state index contributed by atoms with van der Waals surface area (Å²) in [6.07, 6.45) is 6.11. The van der Waals surface area contributed by atoms with E-state index in [2.05, 4.69) is 12.2 Å². The molecule has 3 nitrogen and oxygen atoms in total. The maximum atomic E-state index is 11.6. The van der Waals surface area contributed by atoms with Crippen molar-refractivity contribution in [2.75, 3.05) is 13.2 Å². The van der Waals surface area contributed by atoms with Crippen LogP contribution in [-0.2, 0) is 9.53 Å². The second kappa shape index (κ2) is 7.70. The van der Waals surface area contributed by atoms with Gasteiger partial charge in [-0.15, -0.1) is 0 Å². The summed E-state index contributed by atoms with van der Waals surface area (Å²) in [4.78, 5) is 11.6. The predicted molar refractivity (Wildman–Crippen MR) is 69.8 cm³/mol. The Labute approximate surface area is 105 Å². The van der Waals surface area contributed by atoms with Gasteiger partial charge in [0.1, 0.15) is 6.04 Å². The molecule has 0 aromatic heterocycles. The molecular weight excluding hydrogens is 214 g/mol. The summed E-state index contributed by atoms with van der Waals surface area (Å²) in [7, 11) is 0. The number of carbonyl (C=O) groups excluding carboxylic acids is 1. The van der Waals surface area contributed by atoms with Crippen molar-refractivity contribution < 1.29 is 9.53 Å². The third kappa shape index (κ3) is 5.07. The van der Waals surface area contributed by atoms with E-state index in [1.165, 1.54) is 25.7 Å². The Hall–Kier alpha value is -0.570. The van der Waals surface area contributed by atoms with Crippen LogP contribution in [0.25, 0.3) is 0 Å². The number of nitrogens with one attached hydrogen (secondary N) is 1. The van der Waals surface area contributed by atoms with Gasteiger partial charge in [-0.1, -0.05) is 26.7 Å². The summed E-state index contributed by atoms with van der Waals surface area (Å²) < 4.78 is 5.05. The molecule has 0 amide bonds. The summed E-state index contributed by atoms with van der Waals surface area (Å²) in [6.45, 7) is 7.64. The first kappa shape index (κ1) is 14.5. The molecule has 17 heavy (non-hydrogen) atoms. The molecule has 100 valence electrons. The average molecular weight is 241 g/mol. The third-order valence-electron chi connectivity index (χ3n) is 3.68. The molecule has 3 unspecified atom stereocenters. The number of rotatable bonds is 6. The molecule has 0 aliphatic heterocycles. The van der Waals surface area contributed by atoms with Crippen molar-refractivity contribution in [2.24, 2.45) is 11.8 Å². The summed E-state index contributed by atoms with van der Waals surface area (Å²) in [6, 6.07) is -0.118. The van der Waals surface area contributed by atoms with Crippen LogP contribution in [0.15, 0.2) is 0 Å². The van der Waals surface area contributed by atoms with E-state index in [0.29, 0.717) is 6.61 Å². The molecule has 3 heteroatoms. The minimum atomic E-state index is -0.118. The Morgan fingerprint density at radius 3 is 2.76 bits per heavy atom. The normalized spacial score (nSPS) is 26.5. The minimum Gasteiger partial charge on any atom is -0.465 e. The van der Waals surface area contributed by atoms with Gasteiger partial charge in [-0.25, -0.2) is 0 Å². The molecule has 0 bridgehead atoms. The van der Waals surface area contributed by atoms with E-state index in [0.717, 1.165) is 24.8 Å². The first-order chi connectivity index (χ1) is 8.17. The summed E-state index contributed by atoms with van der Waals surface area (Å²) in [5, 5.41) is 3.37. The SMILES string of the molecule is CCOC(=O)C(CC)NCC1CCCC(C)C1. The van der Waals surface area contributed by atoms with Crippen LogP contribution in [0.4, 0.5) is 0 Å². The van der Waals surface area contributed by atoms with Crippen molar-refractivity contribution in [3.05, 3.63) is 0 Å². The molecule has 1 fully saturated rings. The number of carbonyl (C=O) groups is 1. The fraction of sp³-hybridized carbons (Fsp3) is 0.929. The fourth-order valence-corrected chi connectivity index (χ4v) is 2.69. The molecule has 1 aliphatic rings. The second-order valence-electron chi connectivity index (χ2n) is 5.26. The van der Waals surface area contributed by atoms with Crippen molar-refractivity contribution in [3.8, 4) is 0 Å². The van der Waals surface area contributed by atoms with Crippen LogP contribution >= 0.6 is 0 Å². The molecule has 1 aliphatic carbocycles. The third-order valence-corrected chi connectivity index (χ3v) is 3.68. The van der Waals surface area contributed by atoms with Gasteiger partial charge in [0.15, 0.2) is 0 Å². The monoisotopic (exact) mass is 241 g/mol. The van der Waals surface area contributed by atoms with Crippen molar-refractivity contribution >= 4 is 5.97 Å². The summed E-state index contributed by atoms with van der Waals surface area (Å²) >= 11 is 0. The highest BCUT2D eigenvalue weighted by Crippen LogP contribution is 2.28. The molecule has 1 N–H and O–H groups in total. The van der Waals surface area contributed by atoms with Gasteiger partial charge >= 0.3 is 5.97 Å². The number of hydrogen-bond donors (Lipinski definition) is 1. The van der Waals surface area contributed by atoms with Gasteiger partial charge in [0.05, 0.1) is 6.61 Å². The highest BCUT2D eigenvalue weighted by atomic mass is 16.5. The second-order valence-corrected chi connectivity index (χ2v) is 5.26. The summed E-state index contributed by atoms with van der Waals surface area (Å²) in [5.74, 6) is 1.49. The molecule has 0 heterocycles. The lowest BCUT2D eigenvalue weighted by atomic mass is 9.82. The maximum absolute atomic E-state index is 11.6. The molecule has 1 saturated carbocycles. The topological polar surface area (TPSA) is 38.3 Å². The highest BCUT2D eigenvalue weighted by Gasteiger charge is 2.22. The van der Waals surface area contributed by atoms with Crippen LogP contribution in [-0.4, -0.2) is 25.2 Å². The predicted octanol–water partition coefficient (Wildman–Crippen LogP) is 2.74. The Balaban J connectivity index is 2.29. The van der Waals surface area contributed by atoms with Gasteiger partial charge in [0, 0.05) is 0 Å². The van der Waals surface area contributed by atoms with Gasteiger partial charge in [-0.3, -0.25) is 4.79 Å². The molecule has 3 atom stereocenters. The molecule has 0 aromatic rings. The lowest BCUT2D eigenvalue weighted by molar-refractivity contribution is -0.145. The van der Waals surface area contributed by atoms with Crippen molar-refractivity contribution in [2.45, 2.75) is 58.9 Å². The van der Waals surface area contributed by atoms with E-state index in [1.807, 2.05) is 13.8 Å². The Morgan fingerprint density at radius 1 is 1.41 bits per heavy atom. The van der Waals surface area contributed by atoms with E-state index in [-0.39, 0.29) is 12.0 Å². The van der Waals surface area contributed by atoms with Crippen LogP contribution in [0.5, 0.6) is 0 Å². The molecule has 0 saturated heterocycles. The zero-order chi connectivity index (χ0) is 12.7. The Morgan fingerprint density at radius 2 is 2.18 bits per heavy atom. The van der Waals surface area contributed by atoms with E-state index < -0.39 is 0 Å². The Kier molecular flexibility index (Phi) is 6.56. The van der Waals surface area contributed by atoms with Crippen molar-refractivity contribution in [1.29, 1.82) is 0 Å². The van der Waals surface area contributed by atoms with Gasteiger partial charge in [0.2, 0.25) is 0 Å². The molecule has 0 radical (unpaired) electrons. The standard InChI is InChI=1S/C14H27NO2/c1-4-13(14(16)17-5-2)15-10-12-8-6-7-11(3)9-12/h11-13,15H,4-10H2,1-3H3. The Bertz CT molecular complexity index is 230. The van der Waals surface area contributed by atoms with E-state index in [1.54, 1.807) is 0 Å². The molecular formula is C14H27NO2. The zero-order valence-electron chi connectivity index (χ0n) is 11.5. The lowest BCUT2D eigenvalue weighted by Gasteiger charge is -2.28. The van der Waals surface area contributed by atoms with Crippen LogP contribution < -0.4 is 5.32 Å². The quantitative estimate of drug-likeness (QED) is 0.727. The lowest BCUT2D eigenvalue weighted by Crippen LogP contribution is -2.40. The van der Waals surface area contributed by atoms with Crippen LogP contribution in [0, 0.1) is 11.8 Å². The van der Waals surface area contributed by atoms with E-state index in [4.69, 9.17) is 4.74 Å². The van der Waals surface area contributed by atoms with Gasteiger partial charge in [0.25, 0.3) is 0 Å². The van der Waals surface area contributed by atoms with Crippen molar-refractivity contribution in [3.63, 3.8) is 0 Å². The van der Waals surface area contributed by atoms with Crippen LogP contribution in [0.2, 0.25) is 0 Å². The first-order valence-electron chi connectivity index (χ1n) is 7.07.